The van der Waals surface area contributed by atoms with Crippen molar-refractivity contribution in [3.05, 3.63) is 40.7 Å². The standard InChI is InChI=1S/C15H13FN2O2S/c1-8(19)14-12(18-6-5-17-15(18)21-14)9-2-3-11(16)13-10(9)4-7-20-13/h2-4,7-8,19H,5-6H2,1H3. The molecule has 0 amide bonds. The minimum atomic E-state index is -0.592. The summed E-state index contributed by atoms with van der Waals surface area (Å²) in [5.74, 6) is -0.376. The third-order valence-electron chi connectivity index (χ3n) is 3.71. The van der Waals surface area contributed by atoms with Gasteiger partial charge in [-0.25, -0.2) is 4.39 Å². The van der Waals surface area contributed by atoms with E-state index in [9.17, 15) is 9.50 Å². The van der Waals surface area contributed by atoms with E-state index in [0.717, 1.165) is 39.8 Å². The molecule has 0 saturated heterocycles. The van der Waals surface area contributed by atoms with Crippen molar-refractivity contribution in [1.82, 2.24) is 4.90 Å². The molecule has 1 aromatic heterocycles. The number of aliphatic hydroxyl groups is 1. The third-order valence-corrected chi connectivity index (χ3v) is 5.00. The van der Waals surface area contributed by atoms with Crippen LogP contribution < -0.4 is 0 Å². The van der Waals surface area contributed by atoms with Crippen LogP contribution in [0.5, 0.6) is 0 Å². The Morgan fingerprint density at radius 3 is 3.10 bits per heavy atom. The van der Waals surface area contributed by atoms with E-state index in [1.165, 1.54) is 24.1 Å². The summed E-state index contributed by atoms with van der Waals surface area (Å²) in [4.78, 5) is 7.39. The molecule has 0 saturated carbocycles. The topological polar surface area (TPSA) is 49.0 Å². The second kappa shape index (κ2) is 4.61. The van der Waals surface area contributed by atoms with E-state index in [0.29, 0.717) is 0 Å². The fraction of sp³-hybridized carbons (Fsp3) is 0.267. The number of fused-ring (bicyclic) bond motifs is 2. The average molecular weight is 304 g/mol. The van der Waals surface area contributed by atoms with E-state index >= 15 is 0 Å². The van der Waals surface area contributed by atoms with Crippen molar-refractivity contribution in [2.75, 3.05) is 13.1 Å². The Bertz CT molecular complexity index is 794. The number of aliphatic hydroxyl groups excluding tert-OH is 1. The lowest BCUT2D eigenvalue weighted by Crippen LogP contribution is -2.20. The molecule has 3 heterocycles. The van der Waals surface area contributed by atoms with Crippen LogP contribution in [0.15, 0.2) is 38.8 Å². The minimum Gasteiger partial charge on any atom is -0.461 e. The molecule has 0 radical (unpaired) electrons. The Balaban J connectivity index is 1.97. The number of thioether (sulfide) groups is 1. The number of hydrogen-bond acceptors (Lipinski definition) is 5. The first-order valence-electron chi connectivity index (χ1n) is 6.75. The number of hydrogen-bond donors (Lipinski definition) is 1. The van der Waals surface area contributed by atoms with Gasteiger partial charge in [0.05, 0.1) is 24.6 Å². The molecule has 0 spiro atoms. The van der Waals surface area contributed by atoms with Gasteiger partial charge in [0.1, 0.15) is 0 Å². The lowest BCUT2D eigenvalue weighted by Gasteiger charge is -2.18. The van der Waals surface area contributed by atoms with Gasteiger partial charge in [-0.05, 0) is 25.1 Å². The Morgan fingerprint density at radius 1 is 1.43 bits per heavy atom. The van der Waals surface area contributed by atoms with Crippen LogP contribution in [-0.4, -0.2) is 34.4 Å². The minimum absolute atomic E-state index is 0.250. The summed E-state index contributed by atoms with van der Waals surface area (Å²) in [6.07, 6.45) is 0.895. The van der Waals surface area contributed by atoms with Crippen molar-refractivity contribution in [3.63, 3.8) is 0 Å². The zero-order valence-electron chi connectivity index (χ0n) is 11.3. The van der Waals surface area contributed by atoms with E-state index in [-0.39, 0.29) is 11.4 Å². The van der Waals surface area contributed by atoms with Crippen LogP contribution in [0.25, 0.3) is 16.7 Å². The number of benzene rings is 1. The first-order chi connectivity index (χ1) is 10.2. The summed E-state index contributed by atoms with van der Waals surface area (Å²) >= 11 is 1.49. The van der Waals surface area contributed by atoms with E-state index in [1.54, 1.807) is 19.1 Å². The molecular weight excluding hydrogens is 291 g/mol. The molecule has 1 aromatic carbocycles. The highest BCUT2D eigenvalue weighted by Crippen LogP contribution is 2.45. The molecule has 6 heteroatoms. The second-order valence-electron chi connectivity index (χ2n) is 5.07. The van der Waals surface area contributed by atoms with Gasteiger partial charge in [-0.3, -0.25) is 4.99 Å². The molecule has 0 fully saturated rings. The number of nitrogens with zero attached hydrogens (tertiary/aromatic N) is 2. The van der Waals surface area contributed by atoms with Gasteiger partial charge in [-0.1, -0.05) is 11.8 Å². The highest BCUT2D eigenvalue weighted by Gasteiger charge is 2.35. The molecule has 4 rings (SSSR count). The lowest BCUT2D eigenvalue weighted by molar-refractivity contribution is 0.240. The Morgan fingerprint density at radius 2 is 2.29 bits per heavy atom. The first kappa shape index (κ1) is 12.9. The van der Waals surface area contributed by atoms with Crippen molar-refractivity contribution in [3.8, 4) is 0 Å². The highest BCUT2D eigenvalue weighted by atomic mass is 32.2. The summed E-state index contributed by atoms with van der Waals surface area (Å²) in [5, 5.41) is 11.7. The van der Waals surface area contributed by atoms with Gasteiger partial charge in [0.15, 0.2) is 16.6 Å². The van der Waals surface area contributed by atoms with Gasteiger partial charge in [0.25, 0.3) is 0 Å². The van der Waals surface area contributed by atoms with Crippen LogP contribution in [0.1, 0.15) is 12.5 Å². The van der Waals surface area contributed by atoms with E-state index in [4.69, 9.17) is 4.42 Å². The quantitative estimate of drug-likeness (QED) is 0.926. The zero-order valence-corrected chi connectivity index (χ0v) is 12.2. The normalized spacial score (nSPS) is 19.4. The van der Waals surface area contributed by atoms with Gasteiger partial charge >= 0.3 is 0 Å². The summed E-state index contributed by atoms with van der Waals surface area (Å²) in [6.45, 7) is 3.26. The zero-order chi connectivity index (χ0) is 14.6. The van der Waals surface area contributed by atoms with Crippen molar-refractivity contribution in [2.24, 2.45) is 4.99 Å². The third kappa shape index (κ3) is 1.82. The van der Waals surface area contributed by atoms with Gasteiger partial charge in [0, 0.05) is 22.4 Å². The molecule has 2 aliphatic heterocycles. The van der Waals surface area contributed by atoms with Crippen LogP contribution in [-0.2, 0) is 0 Å². The number of halogens is 1. The molecule has 4 nitrogen and oxygen atoms in total. The fourth-order valence-electron chi connectivity index (χ4n) is 2.80. The van der Waals surface area contributed by atoms with Crippen LogP contribution in [0.4, 0.5) is 4.39 Å². The fourth-order valence-corrected chi connectivity index (χ4v) is 3.93. The van der Waals surface area contributed by atoms with Gasteiger partial charge in [-0.2, -0.15) is 0 Å². The number of amidine groups is 1. The summed E-state index contributed by atoms with van der Waals surface area (Å²) < 4.78 is 19.0. The lowest BCUT2D eigenvalue weighted by atomic mass is 10.0. The molecule has 2 aliphatic rings. The molecule has 1 unspecified atom stereocenters. The van der Waals surface area contributed by atoms with E-state index in [1.807, 2.05) is 0 Å². The number of furan rings is 1. The smallest absolute Gasteiger partial charge is 0.170 e. The maximum Gasteiger partial charge on any atom is 0.170 e. The molecule has 0 aliphatic carbocycles. The van der Waals surface area contributed by atoms with Crippen LogP contribution in [0.3, 0.4) is 0 Å². The van der Waals surface area contributed by atoms with Crippen LogP contribution in [0, 0.1) is 5.82 Å². The number of aliphatic imine (C=N–C) groups is 1. The van der Waals surface area contributed by atoms with Crippen LogP contribution in [0.2, 0.25) is 0 Å². The molecule has 2 aromatic rings. The molecule has 1 atom stereocenters. The summed E-state index contributed by atoms with van der Waals surface area (Å²) in [5.41, 5.74) is 2.04. The number of rotatable bonds is 2. The Kier molecular flexibility index (Phi) is 2.83. The molecule has 108 valence electrons. The molecular formula is C15H13FN2O2S. The highest BCUT2D eigenvalue weighted by molar-refractivity contribution is 8.17. The Labute approximate surface area is 124 Å². The monoisotopic (exact) mass is 304 g/mol. The van der Waals surface area contributed by atoms with Gasteiger partial charge in [0.2, 0.25) is 0 Å². The molecule has 0 bridgehead atoms. The summed E-state index contributed by atoms with van der Waals surface area (Å²) in [6, 6.07) is 4.91. The maximum absolute atomic E-state index is 13.8. The van der Waals surface area contributed by atoms with E-state index in [2.05, 4.69) is 9.89 Å². The van der Waals surface area contributed by atoms with E-state index < -0.39 is 6.10 Å². The second-order valence-corrected chi connectivity index (χ2v) is 6.07. The first-order valence-corrected chi connectivity index (χ1v) is 7.56. The predicted octanol–water partition coefficient (Wildman–Crippen LogP) is 3.04. The molecule has 1 N–H and O–H groups in total. The van der Waals surface area contributed by atoms with Crippen molar-refractivity contribution in [1.29, 1.82) is 0 Å². The van der Waals surface area contributed by atoms with Crippen molar-refractivity contribution >= 4 is 33.6 Å². The van der Waals surface area contributed by atoms with Crippen molar-refractivity contribution in [2.45, 2.75) is 13.0 Å². The van der Waals surface area contributed by atoms with Gasteiger partial charge in [-0.15, -0.1) is 0 Å². The predicted molar refractivity (Wildman–Crippen MR) is 81.4 cm³/mol. The SMILES string of the molecule is CC(O)C1=C(c2ccc(F)c3occc23)N2CCN=C2S1. The van der Waals surface area contributed by atoms with Crippen molar-refractivity contribution < 1.29 is 13.9 Å². The van der Waals surface area contributed by atoms with Gasteiger partial charge < -0.3 is 14.4 Å². The average Bonchev–Trinajstić information content (AvgIpc) is 3.13. The summed E-state index contributed by atoms with van der Waals surface area (Å²) in [7, 11) is 0. The van der Waals surface area contributed by atoms with Crippen LogP contribution >= 0.6 is 11.8 Å². The Hall–Kier alpha value is -1.79. The molecule has 21 heavy (non-hydrogen) atoms. The maximum atomic E-state index is 13.8. The largest absolute Gasteiger partial charge is 0.461 e.